The Balaban J connectivity index is 3.25. The Morgan fingerprint density at radius 2 is 1.67 bits per heavy atom. The molecule has 15 heavy (non-hydrogen) atoms. The van der Waals surface area contributed by atoms with Crippen LogP contribution in [0.2, 0.25) is 0 Å². The van der Waals surface area contributed by atoms with Crippen LogP contribution in [0.25, 0.3) is 0 Å². The third-order valence-corrected chi connectivity index (χ3v) is 4.95. The molecule has 1 rings (SSSR count). The molecule has 0 atom stereocenters. The number of nitrogens with one attached hydrogen (secondary N) is 1. The zero-order valence-corrected chi connectivity index (χ0v) is 10.3. The molecule has 0 amide bonds. The van der Waals surface area contributed by atoms with Crippen molar-refractivity contribution in [1.29, 1.82) is 0 Å². The van der Waals surface area contributed by atoms with Crippen LogP contribution in [0.1, 0.15) is 0 Å². The Morgan fingerprint density at radius 3 is 2.13 bits per heavy atom. The fourth-order valence-electron chi connectivity index (χ4n) is 0.846. The molecule has 9 heteroatoms. The summed E-state index contributed by atoms with van der Waals surface area (Å²) in [5.41, 5.74) is 0. The summed E-state index contributed by atoms with van der Waals surface area (Å²) in [5, 5.41) is 0. The Morgan fingerprint density at radius 1 is 1.13 bits per heavy atom. The molecule has 0 saturated heterocycles. The van der Waals surface area contributed by atoms with E-state index in [4.69, 9.17) is 4.55 Å². The van der Waals surface area contributed by atoms with Gasteiger partial charge < -0.3 is 0 Å². The second-order valence-corrected chi connectivity index (χ2v) is 6.41. The normalized spacial score (nSPS) is 12.7. The molecular weight excluding hydrogens is 310 g/mol. The van der Waals surface area contributed by atoms with Gasteiger partial charge in [-0.15, -0.1) is 0 Å². The van der Waals surface area contributed by atoms with Crippen LogP contribution in [0.15, 0.2) is 33.6 Å². The predicted octanol–water partition coefficient (Wildman–Crippen LogP) is 0.530. The first-order valence-electron chi connectivity index (χ1n) is 3.48. The highest BCUT2D eigenvalue weighted by Gasteiger charge is 2.22. The standard InChI is InChI=1S/C6H6BrNO5S2/c7-5-3-1-2-4-6(5)14(9,10)8-15(11,12)13/h1-4,8H,(H,11,12,13). The summed E-state index contributed by atoms with van der Waals surface area (Å²) in [5.74, 6) is 0. The van der Waals surface area contributed by atoms with E-state index in [1.165, 1.54) is 18.2 Å². The lowest BCUT2D eigenvalue weighted by atomic mass is 10.4. The third-order valence-electron chi connectivity index (χ3n) is 1.34. The molecule has 0 bridgehead atoms. The van der Waals surface area contributed by atoms with Gasteiger partial charge in [-0.25, -0.2) is 8.42 Å². The van der Waals surface area contributed by atoms with Gasteiger partial charge in [0, 0.05) is 4.47 Å². The lowest BCUT2D eigenvalue weighted by molar-refractivity contribution is 0.477. The fourth-order valence-corrected chi connectivity index (χ4v) is 3.82. The predicted molar refractivity (Wildman–Crippen MR) is 56.0 cm³/mol. The minimum Gasteiger partial charge on any atom is -0.273 e. The van der Waals surface area contributed by atoms with Crippen LogP contribution in [-0.2, 0) is 20.3 Å². The first kappa shape index (κ1) is 12.6. The highest BCUT2D eigenvalue weighted by atomic mass is 79.9. The van der Waals surface area contributed by atoms with Gasteiger partial charge in [-0.2, -0.15) is 8.42 Å². The Kier molecular flexibility index (Phi) is 3.51. The zero-order chi connectivity index (χ0) is 11.7. The van der Waals surface area contributed by atoms with Crippen LogP contribution in [0.3, 0.4) is 0 Å². The number of benzene rings is 1. The molecule has 0 aromatic heterocycles. The molecule has 2 N–H and O–H groups in total. The number of rotatable bonds is 3. The van der Waals surface area contributed by atoms with E-state index in [1.807, 2.05) is 0 Å². The van der Waals surface area contributed by atoms with E-state index in [2.05, 4.69) is 15.9 Å². The van der Waals surface area contributed by atoms with Gasteiger partial charge in [0.25, 0.3) is 10.0 Å². The van der Waals surface area contributed by atoms with Gasteiger partial charge in [-0.05, 0) is 28.1 Å². The lowest BCUT2D eigenvalue weighted by Gasteiger charge is -2.05. The van der Waals surface area contributed by atoms with E-state index in [0.29, 0.717) is 0 Å². The van der Waals surface area contributed by atoms with Crippen molar-refractivity contribution in [2.45, 2.75) is 4.90 Å². The minimum absolute atomic E-state index is 0.196. The molecule has 0 heterocycles. The molecule has 0 fully saturated rings. The molecule has 0 aliphatic carbocycles. The Labute approximate surface area is 95.4 Å². The maximum absolute atomic E-state index is 11.4. The van der Waals surface area contributed by atoms with Crippen molar-refractivity contribution >= 4 is 36.3 Å². The molecule has 84 valence electrons. The lowest BCUT2D eigenvalue weighted by Crippen LogP contribution is -2.30. The van der Waals surface area contributed by atoms with Crippen molar-refractivity contribution in [3.63, 3.8) is 0 Å². The number of hydrogen-bond donors (Lipinski definition) is 2. The molecule has 0 spiro atoms. The van der Waals surface area contributed by atoms with Gasteiger partial charge >= 0.3 is 10.3 Å². The maximum atomic E-state index is 11.4. The van der Waals surface area contributed by atoms with E-state index in [9.17, 15) is 16.8 Å². The summed E-state index contributed by atoms with van der Waals surface area (Å²) in [6.07, 6.45) is 0. The van der Waals surface area contributed by atoms with Crippen molar-refractivity contribution < 1.29 is 21.4 Å². The van der Waals surface area contributed by atoms with Gasteiger partial charge in [-0.1, -0.05) is 16.3 Å². The summed E-state index contributed by atoms with van der Waals surface area (Å²) in [6, 6.07) is 5.61. The van der Waals surface area contributed by atoms with Gasteiger partial charge in [0.1, 0.15) is 0 Å². The maximum Gasteiger partial charge on any atom is 0.346 e. The largest absolute Gasteiger partial charge is 0.346 e. The molecule has 0 aliphatic heterocycles. The van der Waals surface area contributed by atoms with Crippen LogP contribution in [0.4, 0.5) is 0 Å². The molecule has 6 nitrogen and oxygen atoms in total. The highest BCUT2D eigenvalue weighted by Crippen LogP contribution is 2.20. The summed E-state index contributed by atoms with van der Waals surface area (Å²) >= 11 is 2.94. The Bertz CT molecular complexity index is 565. The topological polar surface area (TPSA) is 101 Å². The quantitative estimate of drug-likeness (QED) is 0.792. The van der Waals surface area contributed by atoms with E-state index < -0.39 is 20.3 Å². The molecule has 1 aromatic carbocycles. The highest BCUT2D eigenvalue weighted by molar-refractivity contribution is 9.10. The average molecular weight is 316 g/mol. The molecule has 0 aliphatic rings. The van der Waals surface area contributed by atoms with E-state index in [0.717, 1.165) is 4.13 Å². The molecule has 0 unspecified atom stereocenters. The molecule has 0 radical (unpaired) electrons. The third kappa shape index (κ3) is 3.54. The number of hydrogen-bond acceptors (Lipinski definition) is 4. The fraction of sp³-hybridized carbons (Fsp3) is 0. The first-order chi connectivity index (χ1) is 6.72. The van der Waals surface area contributed by atoms with Crippen LogP contribution in [0.5, 0.6) is 0 Å². The van der Waals surface area contributed by atoms with Crippen LogP contribution in [-0.4, -0.2) is 21.4 Å². The van der Waals surface area contributed by atoms with Crippen molar-refractivity contribution in [1.82, 2.24) is 4.13 Å². The van der Waals surface area contributed by atoms with Crippen LogP contribution < -0.4 is 4.13 Å². The van der Waals surface area contributed by atoms with E-state index in [1.54, 1.807) is 6.07 Å². The second-order valence-electron chi connectivity index (χ2n) is 2.49. The van der Waals surface area contributed by atoms with Crippen molar-refractivity contribution in [3.8, 4) is 0 Å². The monoisotopic (exact) mass is 315 g/mol. The summed E-state index contributed by atoms with van der Waals surface area (Å²) in [7, 11) is -9.09. The van der Waals surface area contributed by atoms with Crippen LogP contribution >= 0.6 is 15.9 Å². The van der Waals surface area contributed by atoms with E-state index in [-0.39, 0.29) is 9.37 Å². The Hall–Kier alpha value is -0.480. The first-order valence-corrected chi connectivity index (χ1v) is 7.19. The smallest absolute Gasteiger partial charge is 0.273 e. The number of halogens is 1. The molecular formula is C6H6BrNO5S2. The zero-order valence-electron chi connectivity index (χ0n) is 7.08. The minimum atomic E-state index is -4.81. The summed E-state index contributed by atoms with van der Waals surface area (Å²) in [6.45, 7) is 0. The second kappa shape index (κ2) is 4.18. The van der Waals surface area contributed by atoms with Gasteiger partial charge in [0.15, 0.2) is 0 Å². The SMILES string of the molecule is O=S(=O)(O)NS(=O)(=O)c1ccccc1Br. The molecule has 1 aromatic rings. The number of sulfonamides is 1. The van der Waals surface area contributed by atoms with Crippen molar-refractivity contribution in [2.75, 3.05) is 0 Å². The van der Waals surface area contributed by atoms with Crippen molar-refractivity contribution in [3.05, 3.63) is 28.7 Å². The van der Waals surface area contributed by atoms with Crippen LogP contribution in [0, 0.1) is 0 Å². The summed E-state index contributed by atoms with van der Waals surface area (Å²) in [4.78, 5) is -0.275. The van der Waals surface area contributed by atoms with Gasteiger partial charge in [-0.3, -0.25) is 4.55 Å². The molecule has 0 saturated carbocycles. The summed E-state index contributed by atoms with van der Waals surface area (Å²) < 4.78 is 53.2. The van der Waals surface area contributed by atoms with Crippen molar-refractivity contribution in [2.24, 2.45) is 0 Å². The average Bonchev–Trinajstić information content (AvgIpc) is 1.99. The van der Waals surface area contributed by atoms with Gasteiger partial charge in [0.05, 0.1) is 4.90 Å². The van der Waals surface area contributed by atoms with Gasteiger partial charge in [0.2, 0.25) is 0 Å². The van der Waals surface area contributed by atoms with E-state index >= 15 is 0 Å².